The van der Waals surface area contributed by atoms with Gasteiger partial charge in [-0.25, -0.2) is 4.98 Å². The SMILES string of the molecule is O=c1cc(CN2CCc3nocc3C2)nc2sccn12. The van der Waals surface area contributed by atoms with Gasteiger partial charge < -0.3 is 4.52 Å². The van der Waals surface area contributed by atoms with Gasteiger partial charge in [0.25, 0.3) is 5.56 Å². The van der Waals surface area contributed by atoms with E-state index in [-0.39, 0.29) is 5.56 Å². The Bertz CT molecular complexity index is 819. The van der Waals surface area contributed by atoms with Gasteiger partial charge in [-0.1, -0.05) is 5.16 Å². The third kappa shape index (κ3) is 1.95. The van der Waals surface area contributed by atoms with Crippen LogP contribution in [0, 0.1) is 0 Å². The van der Waals surface area contributed by atoms with Gasteiger partial charge in [0, 0.05) is 49.3 Å². The molecule has 0 saturated heterocycles. The molecule has 7 heteroatoms. The smallest absolute Gasteiger partial charge is 0.258 e. The van der Waals surface area contributed by atoms with E-state index in [0.29, 0.717) is 6.54 Å². The molecule has 0 atom stereocenters. The van der Waals surface area contributed by atoms with Gasteiger partial charge in [-0.15, -0.1) is 11.3 Å². The highest BCUT2D eigenvalue weighted by molar-refractivity contribution is 7.15. The molecule has 1 aliphatic heterocycles. The predicted octanol–water partition coefficient (Wildman–Crippen LogP) is 1.30. The van der Waals surface area contributed by atoms with Crippen molar-refractivity contribution < 1.29 is 4.52 Å². The van der Waals surface area contributed by atoms with Crippen LogP contribution in [0.2, 0.25) is 0 Å². The van der Waals surface area contributed by atoms with E-state index in [4.69, 9.17) is 4.52 Å². The maximum Gasteiger partial charge on any atom is 0.258 e. The Labute approximate surface area is 118 Å². The van der Waals surface area contributed by atoms with Crippen molar-refractivity contribution in [2.24, 2.45) is 0 Å². The molecular weight excluding hydrogens is 276 g/mol. The van der Waals surface area contributed by atoms with Crippen LogP contribution in [0.5, 0.6) is 0 Å². The Morgan fingerprint density at radius 2 is 2.40 bits per heavy atom. The lowest BCUT2D eigenvalue weighted by Crippen LogP contribution is -2.30. The number of thiazole rings is 1. The molecule has 0 unspecified atom stereocenters. The number of aromatic nitrogens is 3. The fourth-order valence-electron chi connectivity index (χ4n) is 2.53. The zero-order chi connectivity index (χ0) is 13.5. The number of rotatable bonds is 2. The van der Waals surface area contributed by atoms with Gasteiger partial charge in [0.1, 0.15) is 6.26 Å². The Morgan fingerprint density at radius 3 is 3.35 bits per heavy atom. The van der Waals surface area contributed by atoms with Crippen LogP contribution in [-0.4, -0.2) is 26.0 Å². The molecule has 0 saturated carbocycles. The maximum atomic E-state index is 11.9. The van der Waals surface area contributed by atoms with Crippen LogP contribution < -0.4 is 5.56 Å². The van der Waals surface area contributed by atoms with Gasteiger partial charge in [0.15, 0.2) is 4.96 Å². The lowest BCUT2D eigenvalue weighted by Gasteiger charge is -2.24. The first kappa shape index (κ1) is 11.8. The minimum Gasteiger partial charge on any atom is -0.364 e. The van der Waals surface area contributed by atoms with Crippen molar-refractivity contribution in [3.63, 3.8) is 0 Å². The van der Waals surface area contributed by atoms with Crippen molar-refractivity contribution in [2.45, 2.75) is 19.5 Å². The van der Waals surface area contributed by atoms with Gasteiger partial charge in [-0.05, 0) is 0 Å². The highest BCUT2D eigenvalue weighted by Crippen LogP contribution is 2.18. The molecule has 20 heavy (non-hydrogen) atoms. The number of fused-ring (bicyclic) bond motifs is 2. The molecule has 0 bridgehead atoms. The molecule has 3 aromatic rings. The summed E-state index contributed by atoms with van der Waals surface area (Å²) in [5.41, 5.74) is 2.97. The summed E-state index contributed by atoms with van der Waals surface area (Å²) in [7, 11) is 0. The van der Waals surface area contributed by atoms with E-state index in [2.05, 4.69) is 15.0 Å². The Balaban J connectivity index is 1.60. The minimum absolute atomic E-state index is 0.0195. The molecule has 0 spiro atoms. The van der Waals surface area contributed by atoms with Crippen LogP contribution in [-0.2, 0) is 19.5 Å². The first-order valence-corrected chi connectivity index (χ1v) is 7.28. The fourth-order valence-corrected chi connectivity index (χ4v) is 3.27. The van der Waals surface area contributed by atoms with Gasteiger partial charge in [-0.3, -0.25) is 14.1 Å². The van der Waals surface area contributed by atoms with Gasteiger partial charge in [0.2, 0.25) is 0 Å². The molecule has 0 amide bonds. The average Bonchev–Trinajstić information content (AvgIpc) is 3.06. The highest BCUT2D eigenvalue weighted by atomic mass is 32.1. The van der Waals surface area contributed by atoms with Crippen LogP contribution in [0.4, 0.5) is 0 Å². The van der Waals surface area contributed by atoms with E-state index < -0.39 is 0 Å². The third-order valence-corrected chi connectivity index (χ3v) is 4.29. The summed E-state index contributed by atoms with van der Waals surface area (Å²) in [4.78, 5) is 19.5. The summed E-state index contributed by atoms with van der Waals surface area (Å²) < 4.78 is 6.56. The summed E-state index contributed by atoms with van der Waals surface area (Å²) in [5.74, 6) is 0. The first-order valence-electron chi connectivity index (χ1n) is 6.40. The molecule has 1 aliphatic rings. The zero-order valence-corrected chi connectivity index (χ0v) is 11.5. The Morgan fingerprint density at radius 1 is 1.45 bits per heavy atom. The highest BCUT2D eigenvalue weighted by Gasteiger charge is 2.20. The predicted molar refractivity (Wildman–Crippen MR) is 73.7 cm³/mol. The lowest BCUT2D eigenvalue weighted by molar-refractivity contribution is 0.242. The molecule has 4 heterocycles. The second-order valence-corrected chi connectivity index (χ2v) is 5.76. The topological polar surface area (TPSA) is 63.6 Å². The van der Waals surface area contributed by atoms with Crippen molar-refractivity contribution in [1.29, 1.82) is 0 Å². The molecule has 0 aromatic carbocycles. The zero-order valence-electron chi connectivity index (χ0n) is 10.7. The van der Waals surface area contributed by atoms with Crippen molar-refractivity contribution in [3.05, 3.63) is 51.2 Å². The van der Waals surface area contributed by atoms with Crippen molar-refractivity contribution in [2.75, 3.05) is 6.54 Å². The fraction of sp³-hybridized carbons (Fsp3) is 0.308. The van der Waals surface area contributed by atoms with Crippen LogP contribution in [0.1, 0.15) is 17.0 Å². The lowest BCUT2D eigenvalue weighted by atomic mass is 10.1. The third-order valence-electron chi connectivity index (χ3n) is 3.53. The summed E-state index contributed by atoms with van der Waals surface area (Å²) in [6.45, 7) is 2.38. The largest absolute Gasteiger partial charge is 0.364 e. The number of hydrogen-bond acceptors (Lipinski definition) is 6. The number of nitrogens with zero attached hydrogens (tertiary/aromatic N) is 4. The Kier molecular flexibility index (Phi) is 2.68. The normalized spacial score (nSPS) is 15.6. The van der Waals surface area contributed by atoms with Crippen LogP contribution in [0.25, 0.3) is 4.96 Å². The molecule has 0 fully saturated rings. The van der Waals surface area contributed by atoms with Crippen molar-refractivity contribution >= 4 is 16.3 Å². The monoisotopic (exact) mass is 288 g/mol. The van der Waals surface area contributed by atoms with E-state index in [1.807, 2.05) is 5.38 Å². The quantitative estimate of drug-likeness (QED) is 0.711. The molecule has 102 valence electrons. The maximum absolute atomic E-state index is 11.9. The summed E-state index contributed by atoms with van der Waals surface area (Å²) in [6, 6.07) is 1.61. The molecule has 0 aliphatic carbocycles. The molecule has 0 N–H and O–H groups in total. The number of hydrogen-bond donors (Lipinski definition) is 0. The second kappa shape index (κ2) is 4.53. The molecule has 0 radical (unpaired) electrons. The van der Waals surface area contributed by atoms with Gasteiger partial charge >= 0.3 is 0 Å². The van der Waals surface area contributed by atoms with Crippen molar-refractivity contribution in [1.82, 2.24) is 19.4 Å². The molecular formula is C13H12N4O2S. The van der Waals surface area contributed by atoms with Gasteiger partial charge in [0.05, 0.1) is 11.4 Å². The summed E-state index contributed by atoms with van der Waals surface area (Å²) in [6.07, 6.45) is 4.34. The summed E-state index contributed by atoms with van der Waals surface area (Å²) >= 11 is 1.48. The standard InChI is InChI=1S/C13H12N4O2S/c18-12-5-10(14-13-17(12)3-4-20-13)7-16-2-1-11-9(6-16)8-19-15-11/h3-5,8H,1-2,6-7H2. The van der Waals surface area contributed by atoms with E-state index in [9.17, 15) is 4.79 Å². The van der Waals surface area contributed by atoms with Crippen LogP contribution in [0.3, 0.4) is 0 Å². The first-order chi connectivity index (χ1) is 9.79. The second-order valence-electron chi connectivity index (χ2n) is 4.89. The Hall–Kier alpha value is -1.99. The molecule has 4 rings (SSSR count). The molecule has 3 aromatic heterocycles. The van der Waals surface area contributed by atoms with Crippen LogP contribution >= 0.6 is 11.3 Å². The van der Waals surface area contributed by atoms with E-state index in [1.54, 1.807) is 22.9 Å². The van der Waals surface area contributed by atoms with Gasteiger partial charge in [-0.2, -0.15) is 0 Å². The van der Waals surface area contributed by atoms with E-state index >= 15 is 0 Å². The minimum atomic E-state index is -0.0195. The van der Waals surface area contributed by atoms with E-state index in [1.165, 1.54) is 11.3 Å². The van der Waals surface area contributed by atoms with Crippen LogP contribution in [0.15, 0.2) is 33.2 Å². The van der Waals surface area contributed by atoms with E-state index in [0.717, 1.165) is 41.4 Å². The average molecular weight is 288 g/mol. The summed E-state index contributed by atoms with van der Waals surface area (Å²) in [5, 5.41) is 5.85. The molecule has 6 nitrogen and oxygen atoms in total. The van der Waals surface area contributed by atoms with Crippen molar-refractivity contribution in [3.8, 4) is 0 Å².